The summed E-state index contributed by atoms with van der Waals surface area (Å²) in [6, 6.07) is 9.36. The molecule has 0 amide bonds. The maximum atomic E-state index is 10.6. The number of carbonyl (C=O) groups is 1. The maximum Gasteiger partial charge on any atom is 0.170 e. The van der Waals surface area contributed by atoms with Gasteiger partial charge in [0.1, 0.15) is 5.69 Å². The van der Waals surface area contributed by atoms with E-state index >= 15 is 0 Å². The Bertz CT molecular complexity index is 519. The highest BCUT2D eigenvalue weighted by atomic mass is 35.5. The summed E-state index contributed by atoms with van der Waals surface area (Å²) in [7, 11) is 0. The third kappa shape index (κ3) is 2.31. The van der Waals surface area contributed by atoms with Gasteiger partial charge in [0.25, 0.3) is 0 Å². The number of aldehydes is 1. The lowest BCUT2D eigenvalue weighted by Gasteiger charge is -2.04. The second-order valence-corrected chi connectivity index (χ2v) is 4.05. The molecule has 0 unspecified atom stereocenters. The number of halogens is 1. The first-order chi connectivity index (χ1) is 7.69. The fraction of sp³-hybridized carbons (Fsp3) is 0.167. The Hall–Kier alpha value is -1.61. The van der Waals surface area contributed by atoms with Crippen LogP contribution in [0.3, 0.4) is 0 Å². The van der Waals surface area contributed by atoms with Gasteiger partial charge in [-0.2, -0.15) is 5.10 Å². The smallest absolute Gasteiger partial charge is 0.170 e. The van der Waals surface area contributed by atoms with Crippen molar-refractivity contribution < 1.29 is 4.79 Å². The van der Waals surface area contributed by atoms with Gasteiger partial charge in [-0.3, -0.25) is 9.48 Å². The molecule has 2 rings (SSSR count). The number of hydrogen-bond acceptors (Lipinski definition) is 2. The van der Waals surface area contributed by atoms with E-state index in [4.69, 9.17) is 11.6 Å². The first kappa shape index (κ1) is 10.9. The fourth-order valence-electron chi connectivity index (χ4n) is 1.56. The van der Waals surface area contributed by atoms with Crippen LogP contribution in [0.5, 0.6) is 0 Å². The van der Waals surface area contributed by atoms with E-state index in [2.05, 4.69) is 5.10 Å². The Balaban J connectivity index is 2.26. The van der Waals surface area contributed by atoms with Crippen LogP contribution in [0.25, 0.3) is 0 Å². The number of aryl methyl sites for hydroxylation is 1. The molecule has 3 nitrogen and oxygen atoms in total. The van der Waals surface area contributed by atoms with E-state index in [1.165, 1.54) is 0 Å². The predicted octanol–water partition coefficient (Wildman–Crippen LogP) is 2.71. The summed E-state index contributed by atoms with van der Waals surface area (Å²) in [6.45, 7) is 2.55. The summed E-state index contributed by atoms with van der Waals surface area (Å²) in [6.07, 6.45) is 0.751. The van der Waals surface area contributed by atoms with Gasteiger partial charge in [-0.15, -0.1) is 0 Å². The SMILES string of the molecule is Cc1cc(C=O)nn1Cc1cccc(Cl)c1. The van der Waals surface area contributed by atoms with Crippen LogP contribution in [0.4, 0.5) is 0 Å². The minimum Gasteiger partial charge on any atom is -0.296 e. The van der Waals surface area contributed by atoms with Crippen LogP contribution in [-0.2, 0) is 6.54 Å². The number of carbonyl (C=O) groups excluding carboxylic acids is 1. The number of nitrogens with zero attached hydrogens (tertiary/aromatic N) is 2. The fourth-order valence-corrected chi connectivity index (χ4v) is 1.77. The Kier molecular flexibility index (Phi) is 3.06. The van der Waals surface area contributed by atoms with Crippen molar-refractivity contribution in [3.05, 3.63) is 52.3 Å². The van der Waals surface area contributed by atoms with E-state index in [1.807, 2.05) is 31.2 Å². The molecule has 0 aliphatic carbocycles. The molecule has 0 fully saturated rings. The molecule has 16 heavy (non-hydrogen) atoms. The Labute approximate surface area is 98.7 Å². The summed E-state index contributed by atoms with van der Waals surface area (Å²) in [5.41, 5.74) is 2.48. The minimum absolute atomic E-state index is 0.458. The molecule has 82 valence electrons. The van der Waals surface area contributed by atoms with Crippen molar-refractivity contribution in [3.63, 3.8) is 0 Å². The maximum absolute atomic E-state index is 10.6. The van der Waals surface area contributed by atoms with E-state index in [0.717, 1.165) is 17.5 Å². The molecule has 0 N–H and O–H groups in total. The zero-order valence-corrected chi connectivity index (χ0v) is 9.61. The van der Waals surface area contributed by atoms with Crippen molar-refractivity contribution in [1.82, 2.24) is 9.78 Å². The lowest BCUT2D eigenvalue weighted by molar-refractivity contribution is 0.111. The highest BCUT2D eigenvalue weighted by molar-refractivity contribution is 6.30. The predicted molar refractivity (Wildman–Crippen MR) is 62.9 cm³/mol. The van der Waals surface area contributed by atoms with Crippen molar-refractivity contribution in [3.8, 4) is 0 Å². The molecule has 0 saturated carbocycles. The monoisotopic (exact) mass is 234 g/mol. The summed E-state index contributed by atoms with van der Waals surface area (Å²) in [5, 5.41) is 4.87. The Morgan fingerprint density at radius 1 is 1.44 bits per heavy atom. The van der Waals surface area contributed by atoms with Gasteiger partial charge in [0.15, 0.2) is 6.29 Å². The van der Waals surface area contributed by atoms with Crippen molar-refractivity contribution >= 4 is 17.9 Å². The van der Waals surface area contributed by atoms with Crippen molar-refractivity contribution in [2.45, 2.75) is 13.5 Å². The number of rotatable bonds is 3. The van der Waals surface area contributed by atoms with E-state index in [1.54, 1.807) is 10.7 Å². The third-order valence-corrected chi connectivity index (χ3v) is 2.58. The number of benzene rings is 1. The molecule has 0 radical (unpaired) electrons. The van der Waals surface area contributed by atoms with Gasteiger partial charge >= 0.3 is 0 Å². The van der Waals surface area contributed by atoms with Crippen LogP contribution in [-0.4, -0.2) is 16.1 Å². The first-order valence-corrected chi connectivity index (χ1v) is 5.31. The normalized spacial score (nSPS) is 10.4. The van der Waals surface area contributed by atoms with Crippen LogP contribution < -0.4 is 0 Å². The number of aromatic nitrogens is 2. The van der Waals surface area contributed by atoms with Crippen molar-refractivity contribution in [2.24, 2.45) is 0 Å². The van der Waals surface area contributed by atoms with Crippen LogP contribution in [0.15, 0.2) is 30.3 Å². The molecular weight excluding hydrogens is 224 g/mol. The average molecular weight is 235 g/mol. The summed E-state index contributed by atoms with van der Waals surface area (Å²) < 4.78 is 1.79. The molecule has 1 aromatic carbocycles. The summed E-state index contributed by atoms with van der Waals surface area (Å²) in [5.74, 6) is 0. The molecule has 0 aliphatic rings. The van der Waals surface area contributed by atoms with Crippen LogP contribution in [0.1, 0.15) is 21.7 Å². The highest BCUT2D eigenvalue weighted by Crippen LogP contribution is 2.12. The van der Waals surface area contributed by atoms with Crippen molar-refractivity contribution in [1.29, 1.82) is 0 Å². The Morgan fingerprint density at radius 3 is 2.88 bits per heavy atom. The molecule has 4 heteroatoms. The molecule has 1 heterocycles. The summed E-state index contributed by atoms with van der Waals surface area (Å²) in [4.78, 5) is 10.6. The first-order valence-electron chi connectivity index (χ1n) is 4.93. The summed E-state index contributed by atoms with van der Waals surface area (Å²) >= 11 is 5.90. The minimum atomic E-state index is 0.458. The molecule has 0 spiro atoms. The third-order valence-electron chi connectivity index (χ3n) is 2.34. The van der Waals surface area contributed by atoms with Gasteiger partial charge in [-0.25, -0.2) is 0 Å². The molecule has 1 aromatic heterocycles. The molecule has 0 bridgehead atoms. The van der Waals surface area contributed by atoms with Gasteiger partial charge in [-0.05, 0) is 30.7 Å². The van der Waals surface area contributed by atoms with Crippen LogP contribution >= 0.6 is 11.6 Å². The van der Waals surface area contributed by atoms with Gasteiger partial charge < -0.3 is 0 Å². The molecule has 0 saturated heterocycles. The van der Waals surface area contributed by atoms with E-state index in [-0.39, 0.29) is 0 Å². The van der Waals surface area contributed by atoms with E-state index in [9.17, 15) is 4.79 Å². The average Bonchev–Trinajstić information content (AvgIpc) is 2.60. The molecule has 0 atom stereocenters. The van der Waals surface area contributed by atoms with Gasteiger partial charge in [-0.1, -0.05) is 23.7 Å². The lowest BCUT2D eigenvalue weighted by Crippen LogP contribution is -2.04. The van der Waals surface area contributed by atoms with Gasteiger partial charge in [0, 0.05) is 10.7 Å². The zero-order chi connectivity index (χ0) is 11.5. The van der Waals surface area contributed by atoms with E-state index < -0.39 is 0 Å². The van der Waals surface area contributed by atoms with Gasteiger partial charge in [0.05, 0.1) is 6.54 Å². The highest BCUT2D eigenvalue weighted by Gasteiger charge is 2.04. The van der Waals surface area contributed by atoms with Crippen molar-refractivity contribution in [2.75, 3.05) is 0 Å². The van der Waals surface area contributed by atoms with E-state index in [0.29, 0.717) is 17.3 Å². The zero-order valence-electron chi connectivity index (χ0n) is 8.85. The lowest BCUT2D eigenvalue weighted by atomic mass is 10.2. The molecule has 0 aliphatic heterocycles. The molecular formula is C12H11ClN2O. The van der Waals surface area contributed by atoms with Crippen LogP contribution in [0, 0.1) is 6.92 Å². The largest absolute Gasteiger partial charge is 0.296 e. The van der Waals surface area contributed by atoms with Gasteiger partial charge in [0.2, 0.25) is 0 Å². The topological polar surface area (TPSA) is 34.9 Å². The quantitative estimate of drug-likeness (QED) is 0.766. The Morgan fingerprint density at radius 2 is 2.25 bits per heavy atom. The second-order valence-electron chi connectivity index (χ2n) is 3.62. The van der Waals surface area contributed by atoms with Crippen LogP contribution in [0.2, 0.25) is 5.02 Å². The number of hydrogen-bond donors (Lipinski definition) is 0. The standard InChI is InChI=1S/C12H11ClN2O/c1-9-5-12(8-16)14-15(9)7-10-3-2-4-11(13)6-10/h2-6,8H,7H2,1H3. The molecule has 2 aromatic rings. The second kappa shape index (κ2) is 4.49.